The summed E-state index contributed by atoms with van der Waals surface area (Å²) in [7, 11) is 0. The van der Waals surface area contributed by atoms with Crippen LogP contribution < -0.4 is 4.90 Å². The fraction of sp³-hybridized carbons (Fsp3) is 0.400. The monoisotopic (exact) mass is 319 g/mol. The summed E-state index contributed by atoms with van der Waals surface area (Å²) in [6.07, 6.45) is 0. The van der Waals surface area contributed by atoms with Crippen LogP contribution in [0, 0.1) is 11.3 Å². The highest BCUT2D eigenvalue weighted by molar-refractivity contribution is 8.00. The molecule has 2 rings (SSSR count). The largest absolute Gasteiger partial charge is 0.481 e. The molecule has 1 aliphatic rings. The molecule has 7 heteroatoms. The van der Waals surface area contributed by atoms with E-state index in [1.807, 2.05) is 18.2 Å². The second kappa shape index (κ2) is 7.71. The summed E-state index contributed by atoms with van der Waals surface area (Å²) in [5.74, 6) is -0.794. The fourth-order valence-electron chi connectivity index (χ4n) is 2.36. The van der Waals surface area contributed by atoms with Gasteiger partial charge in [0.2, 0.25) is 5.91 Å². The Balaban J connectivity index is 1.86. The summed E-state index contributed by atoms with van der Waals surface area (Å²) < 4.78 is 0. The van der Waals surface area contributed by atoms with Crippen LogP contribution >= 0.6 is 11.8 Å². The van der Waals surface area contributed by atoms with Crippen molar-refractivity contribution in [1.82, 2.24) is 4.90 Å². The zero-order chi connectivity index (χ0) is 15.9. The molecule has 1 aromatic rings. The summed E-state index contributed by atoms with van der Waals surface area (Å²) >= 11 is 1.12. The Hall–Kier alpha value is -2.20. The highest BCUT2D eigenvalue weighted by atomic mass is 32.2. The highest BCUT2D eigenvalue weighted by Crippen LogP contribution is 2.21. The SMILES string of the molecule is N#Cc1ccccc1N1CCN(C(=O)CSCC(=O)O)CC1. The van der Waals surface area contributed by atoms with Crippen LogP contribution in [0.15, 0.2) is 24.3 Å². The number of rotatable bonds is 5. The standard InChI is InChI=1S/C15H17N3O3S/c16-9-12-3-1-2-4-13(12)17-5-7-18(8-6-17)14(19)10-22-11-15(20)21/h1-4H,5-8,10-11H2,(H,20,21). The van der Waals surface area contributed by atoms with Crippen LogP contribution in [0.3, 0.4) is 0 Å². The number of hydrogen-bond donors (Lipinski definition) is 1. The van der Waals surface area contributed by atoms with Crippen molar-refractivity contribution in [3.63, 3.8) is 0 Å². The topological polar surface area (TPSA) is 84.6 Å². The van der Waals surface area contributed by atoms with Gasteiger partial charge in [-0.2, -0.15) is 5.26 Å². The number of anilines is 1. The Kier molecular flexibility index (Phi) is 5.67. The molecule has 22 heavy (non-hydrogen) atoms. The number of aliphatic carboxylic acids is 1. The predicted octanol–water partition coefficient (Wildman–Crippen LogP) is 1.02. The lowest BCUT2D eigenvalue weighted by atomic mass is 10.1. The number of carbonyl (C=O) groups is 2. The molecular weight excluding hydrogens is 302 g/mol. The average molecular weight is 319 g/mol. The number of nitrogens with zero attached hydrogens (tertiary/aromatic N) is 3. The Morgan fingerprint density at radius 3 is 2.50 bits per heavy atom. The first-order chi connectivity index (χ1) is 10.6. The van der Waals surface area contributed by atoms with Crippen molar-refractivity contribution >= 4 is 29.3 Å². The molecule has 1 aromatic carbocycles. The van der Waals surface area contributed by atoms with E-state index in [1.165, 1.54) is 0 Å². The maximum Gasteiger partial charge on any atom is 0.313 e. The first kappa shape index (κ1) is 16.2. The van der Waals surface area contributed by atoms with E-state index in [9.17, 15) is 9.59 Å². The number of benzene rings is 1. The molecule has 0 unspecified atom stereocenters. The van der Waals surface area contributed by atoms with Gasteiger partial charge in [0, 0.05) is 26.2 Å². The highest BCUT2D eigenvalue weighted by Gasteiger charge is 2.22. The van der Waals surface area contributed by atoms with Crippen molar-refractivity contribution in [3.8, 4) is 6.07 Å². The zero-order valence-corrected chi connectivity index (χ0v) is 12.9. The lowest BCUT2D eigenvalue weighted by Crippen LogP contribution is -2.49. The molecule has 1 heterocycles. The summed E-state index contributed by atoms with van der Waals surface area (Å²) in [5, 5.41) is 17.7. The van der Waals surface area contributed by atoms with Gasteiger partial charge in [-0.05, 0) is 12.1 Å². The minimum Gasteiger partial charge on any atom is -0.481 e. The van der Waals surface area contributed by atoms with Gasteiger partial charge in [0.05, 0.1) is 22.8 Å². The summed E-state index contributed by atoms with van der Waals surface area (Å²) in [5.41, 5.74) is 1.54. The second-order valence-electron chi connectivity index (χ2n) is 4.88. The van der Waals surface area contributed by atoms with E-state index >= 15 is 0 Å². The minimum atomic E-state index is -0.907. The van der Waals surface area contributed by atoms with Gasteiger partial charge in [0.15, 0.2) is 0 Å². The first-order valence-corrected chi connectivity index (χ1v) is 8.08. The molecule has 1 saturated heterocycles. The number of para-hydroxylation sites is 1. The van der Waals surface area contributed by atoms with Gasteiger partial charge in [-0.25, -0.2) is 0 Å². The molecule has 6 nitrogen and oxygen atoms in total. The number of carbonyl (C=O) groups excluding carboxylic acids is 1. The van der Waals surface area contributed by atoms with E-state index < -0.39 is 5.97 Å². The molecular formula is C15H17N3O3S. The van der Waals surface area contributed by atoms with E-state index in [4.69, 9.17) is 10.4 Å². The van der Waals surface area contributed by atoms with Crippen LogP contribution in [0.1, 0.15) is 5.56 Å². The number of carboxylic acids is 1. The minimum absolute atomic E-state index is 0.0283. The van der Waals surface area contributed by atoms with Crippen molar-refractivity contribution in [2.45, 2.75) is 0 Å². The third-order valence-electron chi connectivity index (χ3n) is 3.45. The van der Waals surface area contributed by atoms with Crippen LogP contribution in [0.4, 0.5) is 5.69 Å². The van der Waals surface area contributed by atoms with Crippen LogP contribution in [-0.4, -0.2) is 59.6 Å². The van der Waals surface area contributed by atoms with Crippen molar-refractivity contribution < 1.29 is 14.7 Å². The van der Waals surface area contributed by atoms with E-state index in [1.54, 1.807) is 11.0 Å². The van der Waals surface area contributed by atoms with Gasteiger partial charge in [-0.1, -0.05) is 12.1 Å². The molecule has 0 aromatic heterocycles. The molecule has 1 amide bonds. The van der Waals surface area contributed by atoms with Gasteiger partial charge in [-0.3, -0.25) is 9.59 Å². The fourth-order valence-corrected chi connectivity index (χ4v) is 2.99. The van der Waals surface area contributed by atoms with Crippen molar-refractivity contribution in [2.75, 3.05) is 42.6 Å². The first-order valence-electron chi connectivity index (χ1n) is 6.93. The third kappa shape index (κ3) is 4.15. The molecule has 116 valence electrons. The van der Waals surface area contributed by atoms with Gasteiger partial charge in [-0.15, -0.1) is 11.8 Å². The molecule has 1 aliphatic heterocycles. The van der Waals surface area contributed by atoms with Crippen molar-refractivity contribution in [2.24, 2.45) is 0 Å². The summed E-state index contributed by atoms with van der Waals surface area (Å²) in [6, 6.07) is 9.62. The van der Waals surface area contributed by atoms with Gasteiger partial charge >= 0.3 is 5.97 Å². The van der Waals surface area contributed by atoms with E-state index in [-0.39, 0.29) is 17.4 Å². The van der Waals surface area contributed by atoms with Crippen LogP contribution in [0.25, 0.3) is 0 Å². The van der Waals surface area contributed by atoms with Crippen molar-refractivity contribution in [1.29, 1.82) is 5.26 Å². The van der Waals surface area contributed by atoms with E-state index in [0.717, 1.165) is 17.4 Å². The molecule has 0 saturated carbocycles. The molecule has 0 spiro atoms. The zero-order valence-electron chi connectivity index (χ0n) is 12.1. The maximum absolute atomic E-state index is 12.0. The maximum atomic E-state index is 12.0. The number of thioether (sulfide) groups is 1. The van der Waals surface area contributed by atoms with Crippen molar-refractivity contribution in [3.05, 3.63) is 29.8 Å². The number of nitriles is 1. The Morgan fingerprint density at radius 2 is 1.86 bits per heavy atom. The quantitative estimate of drug-likeness (QED) is 0.872. The number of hydrogen-bond acceptors (Lipinski definition) is 5. The second-order valence-corrected chi connectivity index (χ2v) is 5.87. The molecule has 0 radical (unpaired) electrons. The van der Waals surface area contributed by atoms with Crippen LogP contribution in [0.2, 0.25) is 0 Å². The lowest BCUT2D eigenvalue weighted by molar-refractivity contribution is -0.133. The third-order valence-corrected chi connectivity index (χ3v) is 4.35. The Labute approximate surface area is 133 Å². The molecule has 1 N–H and O–H groups in total. The van der Waals surface area contributed by atoms with Gasteiger partial charge in [0.25, 0.3) is 0 Å². The van der Waals surface area contributed by atoms with E-state index in [2.05, 4.69) is 11.0 Å². The molecule has 0 atom stereocenters. The normalized spacial score (nSPS) is 14.5. The smallest absolute Gasteiger partial charge is 0.313 e. The number of piperazine rings is 1. The Bertz CT molecular complexity index is 592. The van der Waals surface area contributed by atoms with E-state index in [0.29, 0.717) is 31.7 Å². The molecule has 1 fully saturated rings. The van der Waals surface area contributed by atoms with Crippen LogP contribution in [0.5, 0.6) is 0 Å². The summed E-state index contributed by atoms with van der Waals surface area (Å²) in [6.45, 7) is 2.53. The molecule has 0 aliphatic carbocycles. The van der Waals surface area contributed by atoms with Gasteiger partial charge < -0.3 is 14.9 Å². The number of carboxylic acid groups (broad SMARTS) is 1. The lowest BCUT2D eigenvalue weighted by Gasteiger charge is -2.36. The predicted molar refractivity (Wildman–Crippen MR) is 84.9 cm³/mol. The number of amides is 1. The summed E-state index contributed by atoms with van der Waals surface area (Å²) in [4.78, 5) is 26.3. The van der Waals surface area contributed by atoms with Crippen LogP contribution in [-0.2, 0) is 9.59 Å². The molecule has 0 bridgehead atoms. The van der Waals surface area contributed by atoms with Gasteiger partial charge in [0.1, 0.15) is 6.07 Å². The Morgan fingerprint density at radius 1 is 1.18 bits per heavy atom. The average Bonchev–Trinajstić information content (AvgIpc) is 2.54.